The molecule has 0 aliphatic rings. The number of nitrogens with one attached hydrogen (secondary N) is 1. The standard InChI is InChI=1S/C13H20N6/c1-4-6-14-13-16-10(3)8-11(17-13)12-9-15-18-19(12)7-5-2/h8-9H,4-7H2,1-3H3,(H,14,16,17). The van der Waals surface area contributed by atoms with Gasteiger partial charge in [-0.3, -0.25) is 0 Å². The maximum atomic E-state index is 4.53. The molecule has 1 N–H and O–H groups in total. The van der Waals surface area contributed by atoms with Crippen molar-refractivity contribution >= 4 is 5.95 Å². The zero-order valence-corrected chi connectivity index (χ0v) is 11.7. The summed E-state index contributed by atoms with van der Waals surface area (Å²) in [5.41, 5.74) is 2.74. The molecule has 0 unspecified atom stereocenters. The number of aromatic nitrogens is 5. The minimum absolute atomic E-state index is 0.668. The summed E-state index contributed by atoms with van der Waals surface area (Å²) in [6, 6.07) is 1.96. The molecule has 0 atom stereocenters. The monoisotopic (exact) mass is 260 g/mol. The molecule has 0 amide bonds. The molecule has 6 heteroatoms. The van der Waals surface area contributed by atoms with Gasteiger partial charge < -0.3 is 5.32 Å². The molecule has 0 saturated heterocycles. The highest BCUT2D eigenvalue weighted by molar-refractivity contribution is 5.55. The van der Waals surface area contributed by atoms with E-state index in [1.807, 2.05) is 17.7 Å². The molecular formula is C13H20N6. The second kappa shape index (κ2) is 6.26. The van der Waals surface area contributed by atoms with Crippen molar-refractivity contribution in [2.24, 2.45) is 0 Å². The lowest BCUT2D eigenvalue weighted by molar-refractivity contribution is 0.583. The summed E-state index contributed by atoms with van der Waals surface area (Å²) in [4.78, 5) is 8.92. The summed E-state index contributed by atoms with van der Waals surface area (Å²) in [6.45, 7) is 7.91. The summed E-state index contributed by atoms with van der Waals surface area (Å²) >= 11 is 0. The van der Waals surface area contributed by atoms with Crippen molar-refractivity contribution < 1.29 is 0 Å². The number of hydrogen-bond acceptors (Lipinski definition) is 5. The Kier molecular flexibility index (Phi) is 4.43. The van der Waals surface area contributed by atoms with Crippen molar-refractivity contribution in [3.8, 4) is 11.4 Å². The average molecular weight is 260 g/mol. The first-order valence-corrected chi connectivity index (χ1v) is 6.73. The van der Waals surface area contributed by atoms with E-state index >= 15 is 0 Å². The third kappa shape index (κ3) is 3.27. The lowest BCUT2D eigenvalue weighted by Gasteiger charge is -2.08. The van der Waals surface area contributed by atoms with Gasteiger partial charge in [-0.1, -0.05) is 19.1 Å². The van der Waals surface area contributed by atoms with Gasteiger partial charge in [0.25, 0.3) is 0 Å². The highest BCUT2D eigenvalue weighted by Gasteiger charge is 2.10. The Labute approximate surface area is 113 Å². The zero-order chi connectivity index (χ0) is 13.7. The Morgan fingerprint density at radius 3 is 2.79 bits per heavy atom. The van der Waals surface area contributed by atoms with Crippen LogP contribution < -0.4 is 5.32 Å². The van der Waals surface area contributed by atoms with Gasteiger partial charge in [0, 0.05) is 18.8 Å². The van der Waals surface area contributed by atoms with E-state index in [0.717, 1.165) is 43.0 Å². The Balaban J connectivity index is 2.32. The molecule has 0 aliphatic heterocycles. The van der Waals surface area contributed by atoms with Crippen molar-refractivity contribution in [3.05, 3.63) is 18.0 Å². The normalized spacial score (nSPS) is 10.7. The van der Waals surface area contributed by atoms with Crippen molar-refractivity contribution in [3.63, 3.8) is 0 Å². The molecular weight excluding hydrogens is 240 g/mol. The summed E-state index contributed by atoms with van der Waals surface area (Å²) in [5.74, 6) is 0.668. The zero-order valence-electron chi connectivity index (χ0n) is 11.7. The fourth-order valence-electron chi connectivity index (χ4n) is 1.85. The SMILES string of the molecule is CCCNc1nc(C)cc(-c2cnnn2CCC)n1. The van der Waals surface area contributed by atoms with Crippen molar-refractivity contribution in [1.82, 2.24) is 25.0 Å². The van der Waals surface area contributed by atoms with Gasteiger partial charge in [0.2, 0.25) is 5.95 Å². The molecule has 2 rings (SSSR count). The van der Waals surface area contributed by atoms with Gasteiger partial charge in [0.1, 0.15) is 5.69 Å². The van der Waals surface area contributed by atoms with Crippen LogP contribution in [0.1, 0.15) is 32.4 Å². The van der Waals surface area contributed by atoms with Crippen LogP contribution in [0.3, 0.4) is 0 Å². The minimum atomic E-state index is 0.668. The fraction of sp³-hybridized carbons (Fsp3) is 0.538. The quantitative estimate of drug-likeness (QED) is 0.863. The number of rotatable bonds is 6. The minimum Gasteiger partial charge on any atom is -0.354 e. The molecule has 19 heavy (non-hydrogen) atoms. The van der Waals surface area contributed by atoms with Crippen LogP contribution in [0.5, 0.6) is 0 Å². The van der Waals surface area contributed by atoms with Gasteiger partial charge in [-0.25, -0.2) is 14.6 Å². The smallest absolute Gasteiger partial charge is 0.223 e. The lowest BCUT2D eigenvalue weighted by atomic mass is 10.2. The van der Waals surface area contributed by atoms with Crippen LogP contribution in [0.4, 0.5) is 5.95 Å². The fourth-order valence-corrected chi connectivity index (χ4v) is 1.85. The van der Waals surface area contributed by atoms with E-state index in [4.69, 9.17) is 0 Å². The van der Waals surface area contributed by atoms with Crippen LogP contribution in [0.15, 0.2) is 12.3 Å². The van der Waals surface area contributed by atoms with Gasteiger partial charge in [-0.15, -0.1) is 5.10 Å². The molecule has 0 aliphatic carbocycles. The third-order valence-electron chi connectivity index (χ3n) is 2.70. The van der Waals surface area contributed by atoms with Crippen molar-refractivity contribution in [2.45, 2.75) is 40.2 Å². The maximum absolute atomic E-state index is 4.53. The molecule has 6 nitrogen and oxygen atoms in total. The maximum Gasteiger partial charge on any atom is 0.223 e. The summed E-state index contributed by atoms with van der Waals surface area (Å²) in [7, 11) is 0. The Morgan fingerprint density at radius 1 is 1.21 bits per heavy atom. The molecule has 0 spiro atoms. The first-order chi connectivity index (χ1) is 9.24. The first kappa shape index (κ1) is 13.5. The van der Waals surface area contributed by atoms with Gasteiger partial charge in [0.05, 0.1) is 11.9 Å². The van der Waals surface area contributed by atoms with Crippen LogP contribution in [0, 0.1) is 6.92 Å². The van der Waals surface area contributed by atoms with E-state index in [-0.39, 0.29) is 0 Å². The Bertz CT molecular complexity index is 534. The van der Waals surface area contributed by atoms with E-state index < -0.39 is 0 Å². The van der Waals surface area contributed by atoms with E-state index in [2.05, 4.69) is 39.4 Å². The van der Waals surface area contributed by atoms with E-state index in [1.54, 1.807) is 6.20 Å². The lowest BCUT2D eigenvalue weighted by Crippen LogP contribution is -2.07. The van der Waals surface area contributed by atoms with Crippen molar-refractivity contribution in [1.29, 1.82) is 0 Å². The predicted octanol–water partition coefficient (Wildman–Crippen LogP) is 2.28. The van der Waals surface area contributed by atoms with Crippen LogP contribution in [0.25, 0.3) is 11.4 Å². The van der Waals surface area contributed by atoms with Gasteiger partial charge >= 0.3 is 0 Å². The Hall–Kier alpha value is -1.98. The van der Waals surface area contributed by atoms with Crippen LogP contribution >= 0.6 is 0 Å². The molecule has 2 aromatic heterocycles. The molecule has 0 aromatic carbocycles. The number of hydrogen-bond donors (Lipinski definition) is 1. The molecule has 0 radical (unpaired) electrons. The van der Waals surface area contributed by atoms with Crippen LogP contribution in [-0.4, -0.2) is 31.5 Å². The largest absolute Gasteiger partial charge is 0.354 e. The average Bonchev–Trinajstić information content (AvgIpc) is 2.84. The molecule has 102 valence electrons. The Morgan fingerprint density at radius 2 is 2.05 bits per heavy atom. The van der Waals surface area contributed by atoms with E-state index in [1.165, 1.54) is 0 Å². The summed E-state index contributed by atoms with van der Waals surface area (Å²) < 4.78 is 1.88. The first-order valence-electron chi connectivity index (χ1n) is 6.73. The number of anilines is 1. The number of nitrogens with zero attached hydrogens (tertiary/aromatic N) is 5. The van der Waals surface area contributed by atoms with Gasteiger partial charge in [-0.2, -0.15) is 0 Å². The predicted molar refractivity (Wildman–Crippen MR) is 74.9 cm³/mol. The summed E-state index contributed by atoms with van der Waals surface area (Å²) in [5, 5.41) is 11.3. The van der Waals surface area contributed by atoms with E-state index in [9.17, 15) is 0 Å². The van der Waals surface area contributed by atoms with Crippen LogP contribution in [-0.2, 0) is 6.54 Å². The van der Waals surface area contributed by atoms with Crippen molar-refractivity contribution in [2.75, 3.05) is 11.9 Å². The van der Waals surface area contributed by atoms with Gasteiger partial charge in [-0.05, 0) is 25.8 Å². The van der Waals surface area contributed by atoms with E-state index in [0.29, 0.717) is 5.95 Å². The molecule has 0 saturated carbocycles. The molecule has 0 bridgehead atoms. The highest BCUT2D eigenvalue weighted by Crippen LogP contribution is 2.18. The molecule has 2 heterocycles. The molecule has 2 aromatic rings. The van der Waals surface area contributed by atoms with Crippen LogP contribution in [0.2, 0.25) is 0 Å². The topological polar surface area (TPSA) is 68.5 Å². The second-order valence-electron chi connectivity index (χ2n) is 4.49. The number of aryl methyl sites for hydroxylation is 2. The third-order valence-corrected chi connectivity index (χ3v) is 2.70. The second-order valence-corrected chi connectivity index (χ2v) is 4.49. The summed E-state index contributed by atoms with van der Waals surface area (Å²) in [6.07, 6.45) is 3.81. The van der Waals surface area contributed by atoms with Gasteiger partial charge in [0.15, 0.2) is 0 Å². The highest BCUT2D eigenvalue weighted by atomic mass is 15.4. The molecule has 0 fully saturated rings.